The number of anilines is 1. The molecule has 0 bridgehead atoms. The van der Waals surface area contributed by atoms with E-state index in [1.165, 1.54) is 4.90 Å². The van der Waals surface area contributed by atoms with Gasteiger partial charge in [0.1, 0.15) is 5.82 Å². The number of hydrogen-bond donors (Lipinski definition) is 1. The van der Waals surface area contributed by atoms with Gasteiger partial charge in [0.05, 0.1) is 10.6 Å². The molecule has 2 amide bonds. The molecule has 1 saturated heterocycles. The molecule has 1 aromatic rings. The molecule has 0 saturated carbocycles. The van der Waals surface area contributed by atoms with Crippen molar-refractivity contribution < 1.29 is 18.0 Å². The number of hydrogen-bond acceptors (Lipinski definition) is 3. The normalized spacial score (nSPS) is 16.8. The maximum absolute atomic E-state index is 12.6. The first-order valence-corrected chi connectivity index (χ1v) is 6.69. The van der Waals surface area contributed by atoms with Crippen molar-refractivity contribution >= 4 is 23.4 Å². The van der Waals surface area contributed by atoms with E-state index in [2.05, 4.69) is 4.98 Å². The summed E-state index contributed by atoms with van der Waals surface area (Å²) in [5, 5.41) is -0.0580. The molecule has 1 aliphatic rings. The number of carbonyl (C=O) groups is 1. The Morgan fingerprint density at radius 1 is 1.29 bits per heavy atom. The number of nitrogens with two attached hydrogens (primary N) is 1. The fourth-order valence-electron chi connectivity index (χ4n) is 2.17. The Bertz CT molecular complexity index is 538. The van der Waals surface area contributed by atoms with Gasteiger partial charge in [-0.3, -0.25) is 0 Å². The minimum atomic E-state index is -4.48. The molecule has 9 heteroatoms. The number of rotatable bonds is 1. The highest BCUT2D eigenvalue weighted by atomic mass is 35.5. The first-order chi connectivity index (χ1) is 9.79. The number of amides is 2. The lowest BCUT2D eigenvalue weighted by Crippen LogP contribution is -2.38. The molecule has 1 aliphatic heterocycles. The Balaban J connectivity index is 2.17. The summed E-state index contributed by atoms with van der Waals surface area (Å²) >= 11 is 5.91. The second-order valence-electron chi connectivity index (χ2n) is 4.69. The van der Waals surface area contributed by atoms with Crippen molar-refractivity contribution in [2.75, 3.05) is 31.1 Å². The molecule has 1 aromatic heterocycles. The van der Waals surface area contributed by atoms with E-state index in [0.717, 1.165) is 12.3 Å². The van der Waals surface area contributed by atoms with Crippen molar-refractivity contribution in [3.63, 3.8) is 0 Å². The molecule has 1 fully saturated rings. The van der Waals surface area contributed by atoms with Gasteiger partial charge in [-0.05, 0) is 12.5 Å². The van der Waals surface area contributed by atoms with E-state index in [4.69, 9.17) is 17.3 Å². The topological polar surface area (TPSA) is 62.5 Å². The van der Waals surface area contributed by atoms with Crippen molar-refractivity contribution in [3.8, 4) is 0 Å². The van der Waals surface area contributed by atoms with Gasteiger partial charge in [0.2, 0.25) is 0 Å². The summed E-state index contributed by atoms with van der Waals surface area (Å²) < 4.78 is 37.7. The van der Waals surface area contributed by atoms with Crippen LogP contribution in [0.3, 0.4) is 0 Å². The maximum atomic E-state index is 12.6. The average molecular weight is 323 g/mol. The zero-order chi connectivity index (χ0) is 15.6. The van der Waals surface area contributed by atoms with Gasteiger partial charge in [-0.1, -0.05) is 11.6 Å². The predicted molar refractivity (Wildman–Crippen MR) is 72.2 cm³/mol. The number of alkyl halides is 3. The minimum absolute atomic E-state index is 0.0580. The molecule has 0 atom stereocenters. The quantitative estimate of drug-likeness (QED) is 0.863. The number of nitrogens with zero attached hydrogens (tertiary/aromatic N) is 3. The molecular formula is C12H14ClF3N4O. The summed E-state index contributed by atoms with van der Waals surface area (Å²) in [5.41, 5.74) is 4.34. The molecule has 2 rings (SSSR count). The Labute approximate surface area is 124 Å². The third-order valence-electron chi connectivity index (χ3n) is 3.26. The third kappa shape index (κ3) is 3.69. The van der Waals surface area contributed by atoms with Gasteiger partial charge < -0.3 is 15.5 Å². The van der Waals surface area contributed by atoms with E-state index < -0.39 is 17.8 Å². The Hall–Kier alpha value is -1.70. The summed E-state index contributed by atoms with van der Waals surface area (Å²) in [7, 11) is 0. The molecule has 0 spiro atoms. The number of aromatic nitrogens is 1. The first kappa shape index (κ1) is 15.7. The van der Waals surface area contributed by atoms with Gasteiger partial charge in [0, 0.05) is 32.4 Å². The van der Waals surface area contributed by atoms with Crippen LogP contribution in [0.25, 0.3) is 0 Å². The van der Waals surface area contributed by atoms with Crippen LogP contribution in [0.2, 0.25) is 5.02 Å². The second kappa shape index (κ2) is 5.97. The predicted octanol–water partition coefficient (Wildman–Crippen LogP) is 2.34. The second-order valence-corrected chi connectivity index (χ2v) is 5.10. The molecule has 0 radical (unpaired) electrons. The average Bonchev–Trinajstić information content (AvgIpc) is 2.63. The maximum Gasteiger partial charge on any atom is 0.417 e. The van der Waals surface area contributed by atoms with Crippen molar-refractivity contribution in [1.29, 1.82) is 0 Å². The molecule has 116 valence electrons. The zero-order valence-electron chi connectivity index (χ0n) is 11.0. The van der Waals surface area contributed by atoms with Gasteiger partial charge >= 0.3 is 12.2 Å². The molecule has 21 heavy (non-hydrogen) atoms. The largest absolute Gasteiger partial charge is 0.417 e. The zero-order valence-corrected chi connectivity index (χ0v) is 11.8. The Morgan fingerprint density at radius 3 is 2.57 bits per heavy atom. The van der Waals surface area contributed by atoms with E-state index in [0.29, 0.717) is 32.6 Å². The molecular weight excluding hydrogens is 309 g/mol. The lowest BCUT2D eigenvalue weighted by atomic mass is 10.2. The first-order valence-electron chi connectivity index (χ1n) is 6.31. The van der Waals surface area contributed by atoms with Gasteiger partial charge in [-0.15, -0.1) is 0 Å². The van der Waals surface area contributed by atoms with Crippen LogP contribution in [0.5, 0.6) is 0 Å². The van der Waals surface area contributed by atoms with Gasteiger partial charge in [0.25, 0.3) is 0 Å². The lowest BCUT2D eigenvalue weighted by Gasteiger charge is -2.23. The summed E-state index contributed by atoms with van der Waals surface area (Å²) in [6.07, 6.45) is -3.07. The highest BCUT2D eigenvalue weighted by molar-refractivity contribution is 6.33. The van der Waals surface area contributed by atoms with E-state index in [1.54, 1.807) is 4.90 Å². The van der Waals surface area contributed by atoms with Crippen LogP contribution in [0.4, 0.5) is 23.8 Å². The third-order valence-corrected chi connectivity index (χ3v) is 3.53. The van der Waals surface area contributed by atoms with Crippen molar-refractivity contribution in [2.24, 2.45) is 5.73 Å². The standard InChI is InChI=1S/C12H14ClF3N4O/c13-9-6-8(12(14,15)16)7-18-10(9)19-2-1-3-20(5-4-19)11(17)21/h6-7H,1-5H2,(H2,17,21). The number of pyridine rings is 1. The molecule has 0 aliphatic carbocycles. The van der Waals surface area contributed by atoms with Crippen LogP contribution in [-0.2, 0) is 6.18 Å². The van der Waals surface area contributed by atoms with E-state index in [9.17, 15) is 18.0 Å². The monoisotopic (exact) mass is 322 g/mol. The number of urea groups is 1. The van der Waals surface area contributed by atoms with Crippen molar-refractivity contribution in [1.82, 2.24) is 9.88 Å². The van der Waals surface area contributed by atoms with Crippen LogP contribution in [0.15, 0.2) is 12.3 Å². The number of halogens is 4. The van der Waals surface area contributed by atoms with Crippen LogP contribution in [0, 0.1) is 0 Å². The highest BCUT2D eigenvalue weighted by Gasteiger charge is 2.32. The Kier molecular flexibility index (Phi) is 4.46. The van der Waals surface area contributed by atoms with E-state index in [1.807, 2.05) is 0 Å². The molecule has 2 heterocycles. The summed E-state index contributed by atoms with van der Waals surface area (Å²) in [6, 6.07) is 0.351. The SMILES string of the molecule is NC(=O)N1CCCN(c2ncc(C(F)(F)F)cc2Cl)CC1. The van der Waals surface area contributed by atoms with Crippen LogP contribution < -0.4 is 10.6 Å². The van der Waals surface area contributed by atoms with Crippen LogP contribution >= 0.6 is 11.6 Å². The van der Waals surface area contributed by atoms with Crippen molar-refractivity contribution in [3.05, 3.63) is 22.8 Å². The lowest BCUT2D eigenvalue weighted by molar-refractivity contribution is -0.137. The summed E-state index contributed by atoms with van der Waals surface area (Å²) in [4.78, 5) is 18.2. The molecule has 0 unspecified atom stereocenters. The molecule has 2 N–H and O–H groups in total. The van der Waals surface area contributed by atoms with Crippen molar-refractivity contribution in [2.45, 2.75) is 12.6 Å². The highest BCUT2D eigenvalue weighted by Crippen LogP contribution is 2.33. The van der Waals surface area contributed by atoms with Gasteiger partial charge in [0.15, 0.2) is 0 Å². The minimum Gasteiger partial charge on any atom is -0.354 e. The molecule has 5 nitrogen and oxygen atoms in total. The fourth-order valence-corrected chi connectivity index (χ4v) is 2.45. The molecule has 0 aromatic carbocycles. The Morgan fingerprint density at radius 2 is 2.00 bits per heavy atom. The number of primary amides is 1. The smallest absolute Gasteiger partial charge is 0.354 e. The summed E-state index contributed by atoms with van der Waals surface area (Å²) in [5.74, 6) is 0.288. The van der Waals surface area contributed by atoms with E-state index in [-0.39, 0.29) is 10.8 Å². The summed E-state index contributed by atoms with van der Waals surface area (Å²) in [6.45, 7) is 1.85. The fraction of sp³-hybridized carbons (Fsp3) is 0.500. The van der Waals surface area contributed by atoms with E-state index >= 15 is 0 Å². The number of carbonyl (C=O) groups excluding carboxylic acids is 1. The van der Waals surface area contributed by atoms with Gasteiger partial charge in [-0.25, -0.2) is 9.78 Å². The van der Waals surface area contributed by atoms with Crippen LogP contribution in [0.1, 0.15) is 12.0 Å². The van der Waals surface area contributed by atoms with Gasteiger partial charge in [-0.2, -0.15) is 13.2 Å². The van der Waals surface area contributed by atoms with Crippen LogP contribution in [-0.4, -0.2) is 42.1 Å².